The summed E-state index contributed by atoms with van der Waals surface area (Å²) >= 11 is 6.09. The Morgan fingerprint density at radius 1 is 1.23 bits per heavy atom. The lowest BCUT2D eigenvalue weighted by molar-refractivity contribution is 0.102. The molecule has 0 spiro atoms. The topological polar surface area (TPSA) is 69.0 Å². The van der Waals surface area contributed by atoms with Crippen LogP contribution >= 0.6 is 11.6 Å². The van der Waals surface area contributed by atoms with Crippen LogP contribution in [0.15, 0.2) is 42.5 Å². The number of carbonyl (C=O) groups excluding carboxylic acids is 1. The maximum atomic E-state index is 12.5. The molecule has 0 saturated carbocycles. The Hall–Kier alpha value is -2.86. The average molecular weight is 371 g/mol. The van der Waals surface area contributed by atoms with Gasteiger partial charge in [-0.25, -0.2) is 4.68 Å². The number of anilines is 1. The van der Waals surface area contributed by atoms with Crippen LogP contribution in [-0.2, 0) is 6.42 Å². The fourth-order valence-electron chi connectivity index (χ4n) is 2.59. The van der Waals surface area contributed by atoms with E-state index in [9.17, 15) is 4.79 Å². The van der Waals surface area contributed by atoms with Crippen LogP contribution in [0.3, 0.4) is 0 Å². The fraction of sp³-hybridized carbons (Fsp3) is 0.211. The average Bonchev–Trinajstić information content (AvgIpc) is 3.03. The van der Waals surface area contributed by atoms with E-state index in [0.717, 1.165) is 12.1 Å². The lowest BCUT2D eigenvalue weighted by Crippen LogP contribution is -2.14. The van der Waals surface area contributed by atoms with Crippen LogP contribution in [-0.4, -0.2) is 28.0 Å². The number of ether oxygens (including phenoxy) is 1. The molecule has 6 nitrogen and oxygen atoms in total. The van der Waals surface area contributed by atoms with Crippen LogP contribution in [0.4, 0.5) is 5.69 Å². The SMILES string of the molecule is CCc1ccc(-n2nnc(C(=O)Nc3ccc(OC)c(Cl)c3)c2C)cc1. The summed E-state index contributed by atoms with van der Waals surface area (Å²) in [5.41, 5.74) is 3.57. The minimum absolute atomic E-state index is 0.261. The molecule has 0 fully saturated rings. The van der Waals surface area contributed by atoms with Crippen molar-refractivity contribution in [3.05, 3.63) is 64.4 Å². The third-order valence-corrected chi connectivity index (χ3v) is 4.40. The predicted octanol–water partition coefficient (Wildman–Crippen LogP) is 4.05. The first kappa shape index (κ1) is 17.9. The molecule has 0 unspecified atom stereocenters. The summed E-state index contributed by atoms with van der Waals surface area (Å²) < 4.78 is 6.76. The van der Waals surface area contributed by atoms with Gasteiger partial charge in [0.1, 0.15) is 5.75 Å². The number of rotatable bonds is 5. The first-order valence-electron chi connectivity index (χ1n) is 8.20. The predicted molar refractivity (Wildman–Crippen MR) is 101 cm³/mol. The van der Waals surface area contributed by atoms with Crippen molar-refractivity contribution in [3.63, 3.8) is 0 Å². The van der Waals surface area contributed by atoms with E-state index in [2.05, 4.69) is 22.6 Å². The lowest BCUT2D eigenvalue weighted by Gasteiger charge is -2.08. The maximum Gasteiger partial charge on any atom is 0.278 e. The number of halogens is 1. The summed E-state index contributed by atoms with van der Waals surface area (Å²) in [6, 6.07) is 13.0. The van der Waals surface area contributed by atoms with Gasteiger partial charge >= 0.3 is 0 Å². The van der Waals surface area contributed by atoms with E-state index in [0.29, 0.717) is 22.2 Å². The zero-order valence-corrected chi connectivity index (χ0v) is 15.5. The quantitative estimate of drug-likeness (QED) is 0.735. The van der Waals surface area contributed by atoms with Gasteiger partial charge in [-0.05, 0) is 49.2 Å². The van der Waals surface area contributed by atoms with E-state index in [1.54, 1.807) is 22.9 Å². The Bertz CT molecular complexity index is 935. The third-order valence-electron chi connectivity index (χ3n) is 4.11. The molecule has 26 heavy (non-hydrogen) atoms. The van der Waals surface area contributed by atoms with Crippen molar-refractivity contribution in [3.8, 4) is 11.4 Å². The number of carbonyl (C=O) groups is 1. The number of hydrogen-bond donors (Lipinski definition) is 1. The molecule has 1 aromatic heterocycles. The van der Waals surface area contributed by atoms with Crippen molar-refractivity contribution < 1.29 is 9.53 Å². The summed E-state index contributed by atoms with van der Waals surface area (Å²) in [4.78, 5) is 12.5. The Morgan fingerprint density at radius 3 is 2.58 bits per heavy atom. The summed E-state index contributed by atoms with van der Waals surface area (Å²) in [7, 11) is 1.54. The van der Waals surface area contributed by atoms with Gasteiger partial charge in [0, 0.05) is 5.69 Å². The lowest BCUT2D eigenvalue weighted by atomic mass is 10.1. The zero-order chi connectivity index (χ0) is 18.7. The van der Waals surface area contributed by atoms with E-state index in [1.807, 2.05) is 31.2 Å². The van der Waals surface area contributed by atoms with E-state index < -0.39 is 0 Å². The number of nitrogens with zero attached hydrogens (tertiary/aromatic N) is 3. The first-order chi connectivity index (χ1) is 12.5. The van der Waals surface area contributed by atoms with Crippen LogP contribution < -0.4 is 10.1 Å². The molecule has 0 aliphatic rings. The fourth-order valence-corrected chi connectivity index (χ4v) is 2.85. The zero-order valence-electron chi connectivity index (χ0n) is 14.8. The largest absolute Gasteiger partial charge is 0.495 e. The van der Waals surface area contributed by atoms with Crippen molar-refractivity contribution in [2.45, 2.75) is 20.3 Å². The number of nitrogens with one attached hydrogen (secondary N) is 1. The molecule has 0 aliphatic carbocycles. The van der Waals surface area contributed by atoms with Crippen molar-refractivity contribution in [1.82, 2.24) is 15.0 Å². The normalized spacial score (nSPS) is 10.6. The van der Waals surface area contributed by atoms with Gasteiger partial charge in [0.15, 0.2) is 5.69 Å². The first-order valence-corrected chi connectivity index (χ1v) is 8.57. The molecule has 2 aromatic carbocycles. The molecular weight excluding hydrogens is 352 g/mol. The van der Waals surface area contributed by atoms with Crippen LogP contribution in [0.1, 0.15) is 28.7 Å². The number of aromatic nitrogens is 3. The van der Waals surface area contributed by atoms with Gasteiger partial charge in [-0.1, -0.05) is 35.9 Å². The molecule has 0 radical (unpaired) electrons. The number of aryl methyl sites for hydroxylation is 1. The third kappa shape index (κ3) is 3.55. The Balaban J connectivity index is 1.82. The Morgan fingerprint density at radius 2 is 1.96 bits per heavy atom. The van der Waals surface area contributed by atoms with Crippen LogP contribution in [0.2, 0.25) is 5.02 Å². The van der Waals surface area contributed by atoms with Crippen molar-refractivity contribution >= 4 is 23.2 Å². The Labute approximate surface area is 156 Å². The van der Waals surface area contributed by atoms with E-state index >= 15 is 0 Å². The molecule has 0 saturated heterocycles. The second kappa shape index (κ2) is 7.58. The van der Waals surface area contributed by atoms with E-state index in [-0.39, 0.29) is 11.6 Å². The van der Waals surface area contributed by atoms with Gasteiger partial charge in [0.05, 0.1) is 23.5 Å². The van der Waals surface area contributed by atoms with Crippen LogP contribution in [0, 0.1) is 6.92 Å². The van der Waals surface area contributed by atoms with Gasteiger partial charge in [0.2, 0.25) is 0 Å². The standard InChI is InChI=1S/C19H19ClN4O2/c1-4-13-5-8-15(9-6-13)24-12(2)18(22-23-24)19(25)21-14-7-10-17(26-3)16(20)11-14/h5-11H,4H2,1-3H3,(H,21,25). The highest BCUT2D eigenvalue weighted by Gasteiger charge is 2.18. The monoisotopic (exact) mass is 370 g/mol. The molecule has 3 rings (SSSR count). The summed E-state index contributed by atoms with van der Waals surface area (Å²) in [5.74, 6) is 0.197. The van der Waals surface area contributed by atoms with Crippen molar-refractivity contribution in [1.29, 1.82) is 0 Å². The molecule has 3 aromatic rings. The summed E-state index contributed by atoms with van der Waals surface area (Å²) in [5, 5.41) is 11.3. The molecular formula is C19H19ClN4O2. The minimum Gasteiger partial charge on any atom is -0.495 e. The van der Waals surface area contributed by atoms with Gasteiger partial charge in [-0.15, -0.1) is 5.10 Å². The Kier molecular flexibility index (Phi) is 5.23. The summed E-state index contributed by atoms with van der Waals surface area (Å²) in [6.45, 7) is 3.91. The van der Waals surface area contributed by atoms with E-state index in [4.69, 9.17) is 16.3 Å². The van der Waals surface area contributed by atoms with E-state index in [1.165, 1.54) is 12.7 Å². The number of methoxy groups -OCH3 is 1. The molecule has 0 aliphatic heterocycles. The van der Waals surface area contributed by atoms with Crippen molar-refractivity contribution in [2.24, 2.45) is 0 Å². The van der Waals surface area contributed by atoms with Gasteiger partial charge < -0.3 is 10.1 Å². The molecule has 7 heteroatoms. The maximum absolute atomic E-state index is 12.5. The highest BCUT2D eigenvalue weighted by atomic mass is 35.5. The number of hydrogen-bond acceptors (Lipinski definition) is 4. The number of amides is 1. The van der Waals surface area contributed by atoms with Gasteiger partial charge in [-0.3, -0.25) is 4.79 Å². The van der Waals surface area contributed by atoms with Gasteiger partial charge in [-0.2, -0.15) is 0 Å². The minimum atomic E-state index is -0.347. The van der Waals surface area contributed by atoms with Crippen LogP contribution in [0.5, 0.6) is 5.75 Å². The second-order valence-electron chi connectivity index (χ2n) is 5.76. The molecule has 0 bridgehead atoms. The smallest absolute Gasteiger partial charge is 0.278 e. The molecule has 1 amide bonds. The molecule has 0 atom stereocenters. The molecule has 134 valence electrons. The molecule has 1 heterocycles. The highest BCUT2D eigenvalue weighted by Crippen LogP contribution is 2.27. The molecule has 1 N–H and O–H groups in total. The van der Waals surface area contributed by atoms with Gasteiger partial charge in [0.25, 0.3) is 5.91 Å². The van der Waals surface area contributed by atoms with Crippen LogP contribution in [0.25, 0.3) is 5.69 Å². The second-order valence-corrected chi connectivity index (χ2v) is 6.17. The van der Waals surface area contributed by atoms with Crippen molar-refractivity contribution in [2.75, 3.05) is 12.4 Å². The number of benzene rings is 2. The highest BCUT2D eigenvalue weighted by molar-refractivity contribution is 6.32. The summed E-state index contributed by atoms with van der Waals surface area (Å²) in [6.07, 6.45) is 0.967.